The van der Waals surface area contributed by atoms with E-state index in [1.54, 1.807) is 17.2 Å². The highest BCUT2D eigenvalue weighted by atomic mass is 35.5. The fourth-order valence-electron chi connectivity index (χ4n) is 8.62. The predicted molar refractivity (Wildman–Crippen MR) is 171 cm³/mol. The Bertz CT molecular complexity index is 1950. The second-order valence-corrected chi connectivity index (χ2v) is 14.4. The molecule has 3 aromatic heterocycles. The number of aromatic nitrogens is 5. The van der Waals surface area contributed by atoms with E-state index in [1.807, 2.05) is 0 Å². The van der Waals surface area contributed by atoms with Crippen molar-refractivity contribution in [1.82, 2.24) is 35.4 Å². The summed E-state index contributed by atoms with van der Waals surface area (Å²) in [6.45, 7) is 1.21. The highest BCUT2D eigenvalue weighted by molar-refractivity contribution is 6.33. The molecule has 11 nitrogen and oxygen atoms in total. The Morgan fingerprint density at radius 2 is 2.08 bits per heavy atom. The van der Waals surface area contributed by atoms with Gasteiger partial charge < -0.3 is 19.7 Å². The number of fused-ring (bicyclic) bond motifs is 7. The summed E-state index contributed by atoms with van der Waals surface area (Å²) in [7, 11) is 0. The molecule has 6 bridgehead atoms. The normalized spacial score (nSPS) is 30.0. The van der Waals surface area contributed by atoms with Crippen molar-refractivity contribution in [1.29, 1.82) is 0 Å². The van der Waals surface area contributed by atoms with E-state index >= 15 is 4.39 Å². The van der Waals surface area contributed by atoms with E-state index in [2.05, 4.69) is 30.4 Å². The Hall–Kier alpha value is -3.91. The largest absolute Gasteiger partial charge is 0.461 e. The third kappa shape index (κ3) is 4.85. The van der Waals surface area contributed by atoms with Crippen LogP contribution in [0.2, 0.25) is 5.02 Å². The number of H-pyrrole nitrogens is 1. The fraction of sp³-hybridized carbons (Fsp3) is 0.545. The van der Waals surface area contributed by atoms with Crippen LogP contribution in [0.15, 0.2) is 18.5 Å². The maximum atomic E-state index is 17.1. The number of nitrogens with one attached hydrogen (secondary N) is 2. The molecular formula is C33H34ClF3N8O3. The van der Waals surface area contributed by atoms with Gasteiger partial charge in [0.15, 0.2) is 5.82 Å². The number of amides is 1. The Morgan fingerprint density at radius 3 is 2.96 bits per heavy atom. The van der Waals surface area contributed by atoms with E-state index in [0.29, 0.717) is 52.1 Å². The monoisotopic (exact) mass is 682 g/mol. The zero-order valence-corrected chi connectivity index (χ0v) is 26.8. The van der Waals surface area contributed by atoms with Crippen molar-refractivity contribution in [3.05, 3.63) is 34.9 Å². The van der Waals surface area contributed by atoms with Crippen LogP contribution in [0.4, 0.5) is 23.8 Å². The molecule has 15 heteroatoms. The number of pyridine rings is 1. The molecule has 1 aliphatic carbocycles. The summed E-state index contributed by atoms with van der Waals surface area (Å²) in [6.07, 6.45) is 5.05. The minimum absolute atomic E-state index is 0.0108. The van der Waals surface area contributed by atoms with Crippen LogP contribution >= 0.6 is 11.6 Å². The minimum Gasteiger partial charge on any atom is -0.461 e. The molecule has 1 aromatic carbocycles. The maximum Gasteiger partial charge on any atom is 0.407 e. The number of alkyl halides is 2. The number of carbonyl (C=O) groups excluding carboxylic acids is 1. The summed E-state index contributed by atoms with van der Waals surface area (Å²) >= 11 is 6.89. The Morgan fingerprint density at radius 1 is 1.19 bits per heavy atom. The average molecular weight is 683 g/mol. The van der Waals surface area contributed by atoms with Gasteiger partial charge in [0.05, 0.1) is 42.0 Å². The average Bonchev–Trinajstić information content (AvgIpc) is 3.41. The summed E-state index contributed by atoms with van der Waals surface area (Å²) in [5.41, 5.74) is 1.52. The number of ether oxygens (including phenoxy) is 2. The predicted octanol–water partition coefficient (Wildman–Crippen LogP) is 5.32. The molecule has 6 aliphatic rings. The summed E-state index contributed by atoms with van der Waals surface area (Å²) < 4.78 is 57.8. The molecule has 252 valence electrons. The van der Waals surface area contributed by atoms with Crippen LogP contribution in [0.5, 0.6) is 6.01 Å². The van der Waals surface area contributed by atoms with Crippen molar-refractivity contribution >= 4 is 45.3 Å². The molecule has 4 fully saturated rings. The van der Waals surface area contributed by atoms with Crippen molar-refractivity contribution in [2.24, 2.45) is 11.8 Å². The van der Waals surface area contributed by atoms with Gasteiger partial charge in [0, 0.05) is 54.1 Å². The number of alkyl carbamates (subject to hydrolysis) is 1. The number of carbonyl (C=O) groups is 1. The van der Waals surface area contributed by atoms with Crippen molar-refractivity contribution in [3.63, 3.8) is 0 Å². The molecule has 5 aliphatic heterocycles. The van der Waals surface area contributed by atoms with E-state index in [-0.39, 0.29) is 55.4 Å². The SMILES string of the molecule is O=C1N[C@H]2CN(C[C@H]2CF)c2nc(OCC34CCCN3C[C@H](F)C4)nc3c(F)c(ncc23)-c2c(c(Cl)cc3[nH]ncc23)[C@@H]2C[C@@H]2CCO1. The Labute approximate surface area is 278 Å². The topological polar surface area (TPSA) is 121 Å². The molecule has 10 rings (SSSR count). The van der Waals surface area contributed by atoms with Crippen molar-refractivity contribution in [3.8, 4) is 17.3 Å². The van der Waals surface area contributed by atoms with E-state index < -0.39 is 42.3 Å². The number of benzene rings is 1. The molecule has 1 saturated carbocycles. The first-order valence-corrected chi connectivity index (χ1v) is 17.0. The van der Waals surface area contributed by atoms with Crippen LogP contribution in [-0.4, -0.2) is 100.0 Å². The third-order valence-electron chi connectivity index (χ3n) is 11.1. The van der Waals surface area contributed by atoms with Crippen molar-refractivity contribution < 1.29 is 27.4 Å². The van der Waals surface area contributed by atoms with Crippen LogP contribution in [0, 0.1) is 17.7 Å². The highest BCUT2D eigenvalue weighted by Gasteiger charge is 2.49. The molecule has 0 spiro atoms. The first-order chi connectivity index (χ1) is 23.3. The minimum atomic E-state index is -0.944. The molecule has 0 radical (unpaired) electrons. The number of nitrogens with zero attached hydrogens (tertiary/aromatic N) is 6. The summed E-state index contributed by atoms with van der Waals surface area (Å²) in [5, 5.41) is 11.4. The number of aromatic amines is 1. The molecule has 6 atom stereocenters. The highest BCUT2D eigenvalue weighted by Crippen LogP contribution is 2.56. The van der Waals surface area contributed by atoms with Gasteiger partial charge in [-0.15, -0.1) is 0 Å². The van der Waals surface area contributed by atoms with Crippen LogP contribution < -0.4 is 15.0 Å². The first kappa shape index (κ1) is 30.2. The first-order valence-electron chi connectivity index (χ1n) is 16.6. The number of anilines is 1. The zero-order chi connectivity index (χ0) is 32.7. The lowest BCUT2D eigenvalue weighted by Crippen LogP contribution is -2.43. The van der Waals surface area contributed by atoms with Crippen LogP contribution in [0.1, 0.15) is 43.6 Å². The molecule has 4 aromatic rings. The van der Waals surface area contributed by atoms with E-state index in [0.717, 1.165) is 31.4 Å². The van der Waals surface area contributed by atoms with Crippen LogP contribution in [0.25, 0.3) is 33.1 Å². The second kappa shape index (κ2) is 11.3. The summed E-state index contributed by atoms with van der Waals surface area (Å²) in [6, 6.07) is 1.16. The fourth-order valence-corrected chi connectivity index (χ4v) is 8.97. The lowest BCUT2D eigenvalue weighted by Gasteiger charge is -2.31. The van der Waals surface area contributed by atoms with Crippen LogP contribution in [-0.2, 0) is 4.74 Å². The molecular weight excluding hydrogens is 649 g/mol. The van der Waals surface area contributed by atoms with E-state index in [9.17, 15) is 13.6 Å². The summed E-state index contributed by atoms with van der Waals surface area (Å²) in [4.78, 5) is 30.8. The van der Waals surface area contributed by atoms with Gasteiger partial charge in [-0.1, -0.05) is 11.6 Å². The van der Waals surface area contributed by atoms with Gasteiger partial charge in [-0.25, -0.2) is 13.6 Å². The maximum absolute atomic E-state index is 17.1. The Kier molecular flexibility index (Phi) is 7.12. The molecule has 1 amide bonds. The molecule has 8 heterocycles. The molecule has 48 heavy (non-hydrogen) atoms. The summed E-state index contributed by atoms with van der Waals surface area (Å²) in [5.74, 6) is -0.770. The van der Waals surface area contributed by atoms with Crippen molar-refractivity contribution in [2.45, 2.75) is 55.8 Å². The Balaban J connectivity index is 1.21. The second-order valence-electron chi connectivity index (χ2n) is 14.0. The lowest BCUT2D eigenvalue weighted by molar-refractivity contribution is 0.107. The van der Waals surface area contributed by atoms with Gasteiger partial charge >= 0.3 is 12.1 Å². The van der Waals surface area contributed by atoms with E-state index in [4.69, 9.17) is 26.1 Å². The standard InChI is InChI=1S/C33H34ClF3N8O3/c34-22-7-23-20(11-39-43-23)26-25(22)19-6-16(19)2-5-47-32(46)40-24-14-44(12-17(24)9-35)30-21-10-38-29(26)27(37)28(21)41-31(42-30)48-15-33-3-1-4-45(33)13-18(36)8-33/h7,10-11,16-19,24H,1-6,8-9,12-15H2,(H,39,43)(H,40,46)/t16-,17+,18+,19+,24-,33?/m0/s1. The smallest absolute Gasteiger partial charge is 0.407 e. The quantitative estimate of drug-likeness (QED) is 0.295. The lowest BCUT2D eigenvalue weighted by atomic mass is 9.94. The van der Waals surface area contributed by atoms with E-state index in [1.165, 1.54) is 6.20 Å². The van der Waals surface area contributed by atoms with Gasteiger partial charge in [-0.3, -0.25) is 19.4 Å². The van der Waals surface area contributed by atoms with Crippen LogP contribution in [0.3, 0.4) is 0 Å². The zero-order valence-electron chi connectivity index (χ0n) is 26.0. The van der Waals surface area contributed by atoms with Gasteiger partial charge in [0.1, 0.15) is 29.8 Å². The molecule has 2 N–H and O–H groups in total. The molecule has 1 unspecified atom stereocenters. The molecule has 3 saturated heterocycles. The third-order valence-corrected chi connectivity index (χ3v) is 11.4. The number of halogens is 4. The number of hydrogen-bond donors (Lipinski definition) is 2. The number of rotatable bonds is 4. The number of hydrogen-bond acceptors (Lipinski definition) is 9. The van der Waals surface area contributed by atoms with Gasteiger partial charge in [0.25, 0.3) is 0 Å². The van der Waals surface area contributed by atoms with Crippen molar-refractivity contribution in [2.75, 3.05) is 51.0 Å². The van der Waals surface area contributed by atoms with Gasteiger partial charge in [-0.05, 0) is 55.7 Å². The van der Waals surface area contributed by atoms with Gasteiger partial charge in [-0.2, -0.15) is 15.1 Å². The van der Waals surface area contributed by atoms with Gasteiger partial charge in [0.2, 0.25) is 0 Å².